The first kappa shape index (κ1) is 19.0. The Balaban J connectivity index is 4.01. The van der Waals surface area contributed by atoms with Crippen LogP contribution in [0.3, 0.4) is 0 Å². The van der Waals surface area contributed by atoms with Gasteiger partial charge in [-0.1, -0.05) is 58.3 Å². The number of nitrogens with zero attached hydrogens (tertiary/aromatic N) is 1. The van der Waals surface area contributed by atoms with Crippen molar-refractivity contribution in [1.82, 2.24) is 10.2 Å². The summed E-state index contributed by atoms with van der Waals surface area (Å²) in [4.78, 5) is 14.1. The first-order chi connectivity index (χ1) is 9.76. The molecular formula is C17H32N2O. The summed E-state index contributed by atoms with van der Waals surface area (Å²) in [6, 6.07) is 0. The van der Waals surface area contributed by atoms with Crippen LogP contribution < -0.4 is 5.32 Å². The second-order valence-electron chi connectivity index (χ2n) is 5.31. The Kier molecular flexibility index (Phi) is 13.7. The van der Waals surface area contributed by atoms with E-state index in [0.717, 1.165) is 25.9 Å². The van der Waals surface area contributed by atoms with Gasteiger partial charge in [-0.2, -0.15) is 0 Å². The Bertz CT molecular complexity index is 259. The highest BCUT2D eigenvalue weighted by molar-refractivity contribution is 5.78. The normalized spacial score (nSPS) is 10.2. The van der Waals surface area contributed by atoms with Gasteiger partial charge in [-0.25, -0.2) is 0 Å². The molecule has 3 heteroatoms. The lowest BCUT2D eigenvalue weighted by Crippen LogP contribution is -2.39. The van der Waals surface area contributed by atoms with Crippen LogP contribution in [-0.2, 0) is 4.79 Å². The minimum atomic E-state index is 0.188. The fraction of sp³-hybridized carbons (Fsp3) is 0.824. The number of carbonyl (C=O) groups is 1. The van der Waals surface area contributed by atoms with Crippen molar-refractivity contribution in [2.24, 2.45) is 0 Å². The molecule has 0 unspecified atom stereocenters. The topological polar surface area (TPSA) is 32.3 Å². The monoisotopic (exact) mass is 280 g/mol. The zero-order valence-corrected chi connectivity index (χ0v) is 13.4. The van der Waals surface area contributed by atoms with Gasteiger partial charge < -0.3 is 4.90 Å². The summed E-state index contributed by atoms with van der Waals surface area (Å²) in [5.74, 6) is 2.69. The summed E-state index contributed by atoms with van der Waals surface area (Å²) in [5.41, 5.74) is 0. The smallest absolute Gasteiger partial charge is 0.236 e. The van der Waals surface area contributed by atoms with Gasteiger partial charge in [0, 0.05) is 13.1 Å². The maximum atomic E-state index is 12.1. The molecule has 3 nitrogen and oxygen atoms in total. The molecule has 0 saturated heterocycles. The van der Waals surface area contributed by atoms with E-state index in [-0.39, 0.29) is 5.91 Å². The van der Waals surface area contributed by atoms with E-state index >= 15 is 0 Å². The van der Waals surface area contributed by atoms with Crippen LogP contribution >= 0.6 is 0 Å². The van der Waals surface area contributed by atoms with Crippen LogP contribution in [0.2, 0.25) is 0 Å². The van der Waals surface area contributed by atoms with Crippen molar-refractivity contribution in [2.45, 2.75) is 65.2 Å². The van der Waals surface area contributed by atoms with Crippen LogP contribution in [0.25, 0.3) is 0 Å². The van der Waals surface area contributed by atoms with Crippen molar-refractivity contribution in [3.63, 3.8) is 0 Å². The largest absolute Gasteiger partial charge is 0.342 e. The molecule has 1 N–H and O–H groups in total. The third-order valence-electron chi connectivity index (χ3n) is 3.42. The summed E-state index contributed by atoms with van der Waals surface area (Å²) in [7, 11) is 0. The minimum absolute atomic E-state index is 0.188. The fourth-order valence-corrected chi connectivity index (χ4v) is 2.17. The van der Waals surface area contributed by atoms with Gasteiger partial charge in [0.05, 0.1) is 13.1 Å². The van der Waals surface area contributed by atoms with E-state index in [1.54, 1.807) is 0 Å². The van der Waals surface area contributed by atoms with Crippen molar-refractivity contribution in [3.05, 3.63) is 0 Å². The molecule has 1 amide bonds. The fourth-order valence-electron chi connectivity index (χ4n) is 2.17. The number of rotatable bonds is 13. The van der Waals surface area contributed by atoms with Gasteiger partial charge in [-0.15, -0.1) is 6.42 Å². The molecule has 20 heavy (non-hydrogen) atoms. The number of amides is 1. The van der Waals surface area contributed by atoms with Crippen molar-refractivity contribution in [2.75, 3.05) is 26.2 Å². The molecule has 0 heterocycles. The molecule has 0 aromatic rings. The molecule has 0 atom stereocenters. The Labute approximate surface area is 125 Å². The van der Waals surface area contributed by atoms with Gasteiger partial charge >= 0.3 is 0 Å². The minimum Gasteiger partial charge on any atom is -0.342 e. The first-order valence-corrected chi connectivity index (χ1v) is 8.18. The molecular weight excluding hydrogens is 248 g/mol. The molecule has 0 aliphatic carbocycles. The molecule has 116 valence electrons. The van der Waals surface area contributed by atoms with Crippen LogP contribution in [0, 0.1) is 12.3 Å². The van der Waals surface area contributed by atoms with E-state index < -0.39 is 0 Å². The number of hydrogen-bond acceptors (Lipinski definition) is 2. The molecule has 0 saturated carbocycles. The highest BCUT2D eigenvalue weighted by Gasteiger charge is 2.11. The highest BCUT2D eigenvalue weighted by Crippen LogP contribution is 2.05. The highest BCUT2D eigenvalue weighted by atomic mass is 16.2. The average molecular weight is 280 g/mol. The summed E-state index contributed by atoms with van der Waals surface area (Å²) in [6.07, 6.45) is 14.8. The zero-order chi connectivity index (χ0) is 15.1. The lowest BCUT2D eigenvalue weighted by Gasteiger charge is -2.23. The predicted octanol–water partition coefficient (Wildman–Crippen LogP) is 3.20. The Morgan fingerprint density at radius 2 is 1.55 bits per heavy atom. The van der Waals surface area contributed by atoms with Crippen LogP contribution in [0.5, 0.6) is 0 Å². The zero-order valence-electron chi connectivity index (χ0n) is 13.4. The van der Waals surface area contributed by atoms with Crippen LogP contribution in [0.4, 0.5) is 0 Å². The van der Waals surface area contributed by atoms with E-state index in [2.05, 4.69) is 25.1 Å². The molecule has 0 fully saturated rings. The van der Waals surface area contributed by atoms with Gasteiger partial charge in [-0.3, -0.25) is 10.1 Å². The SMILES string of the molecule is C#CCNCC(=O)N(CCCCCC)CCCCCC. The number of carbonyl (C=O) groups excluding carboxylic acids is 1. The van der Waals surface area contributed by atoms with E-state index in [1.165, 1.54) is 38.5 Å². The lowest BCUT2D eigenvalue weighted by molar-refractivity contribution is -0.130. The number of unbranched alkanes of at least 4 members (excludes halogenated alkanes) is 6. The van der Waals surface area contributed by atoms with Gasteiger partial charge in [-0.05, 0) is 12.8 Å². The van der Waals surface area contributed by atoms with Crippen LogP contribution in [0.1, 0.15) is 65.2 Å². The maximum Gasteiger partial charge on any atom is 0.236 e. The molecule has 0 spiro atoms. The summed E-state index contributed by atoms with van der Waals surface area (Å²) >= 11 is 0. The van der Waals surface area contributed by atoms with Gasteiger partial charge in [0.1, 0.15) is 0 Å². The molecule has 0 aromatic heterocycles. The van der Waals surface area contributed by atoms with Gasteiger partial charge in [0.25, 0.3) is 0 Å². The second kappa shape index (κ2) is 14.4. The third-order valence-corrected chi connectivity index (χ3v) is 3.42. The molecule has 0 aliphatic heterocycles. The molecule has 0 bridgehead atoms. The summed E-state index contributed by atoms with van der Waals surface area (Å²) in [6.45, 7) is 7.03. The van der Waals surface area contributed by atoms with E-state index in [1.807, 2.05) is 4.90 Å². The summed E-state index contributed by atoms with van der Waals surface area (Å²) < 4.78 is 0. The van der Waals surface area contributed by atoms with Crippen molar-refractivity contribution in [1.29, 1.82) is 0 Å². The third kappa shape index (κ3) is 10.9. The van der Waals surface area contributed by atoms with Gasteiger partial charge in [0.2, 0.25) is 5.91 Å². The lowest BCUT2D eigenvalue weighted by atomic mass is 10.1. The van der Waals surface area contributed by atoms with Crippen LogP contribution in [0.15, 0.2) is 0 Å². The number of nitrogens with one attached hydrogen (secondary N) is 1. The van der Waals surface area contributed by atoms with E-state index in [9.17, 15) is 4.79 Å². The van der Waals surface area contributed by atoms with Gasteiger partial charge in [0.15, 0.2) is 0 Å². The summed E-state index contributed by atoms with van der Waals surface area (Å²) in [5, 5.41) is 2.99. The van der Waals surface area contributed by atoms with Crippen LogP contribution in [-0.4, -0.2) is 37.0 Å². The molecule has 0 rings (SSSR count). The standard InChI is InChI=1S/C17H32N2O/c1-4-7-9-11-14-19(15-12-10-8-5-2)17(20)16-18-13-6-3/h3,18H,4-5,7-16H2,1-2H3. The number of terminal acetylenes is 1. The average Bonchev–Trinajstić information content (AvgIpc) is 2.45. The van der Waals surface area contributed by atoms with Crippen molar-refractivity contribution >= 4 is 5.91 Å². The quantitative estimate of drug-likeness (QED) is 0.415. The Hall–Kier alpha value is -1.01. The molecule has 0 aliphatic rings. The van der Waals surface area contributed by atoms with Crippen molar-refractivity contribution in [3.8, 4) is 12.3 Å². The molecule has 0 aromatic carbocycles. The maximum absolute atomic E-state index is 12.1. The van der Waals surface area contributed by atoms with Crippen molar-refractivity contribution < 1.29 is 4.79 Å². The number of hydrogen-bond donors (Lipinski definition) is 1. The molecule has 0 radical (unpaired) electrons. The predicted molar refractivity (Wildman–Crippen MR) is 86.6 cm³/mol. The Morgan fingerprint density at radius 3 is 2.00 bits per heavy atom. The van der Waals surface area contributed by atoms with E-state index in [4.69, 9.17) is 6.42 Å². The van der Waals surface area contributed by atoms with E-state index in [0.29, 0.717) is 13.1 Å². The Morgan fingerprint density at radius 1 is 1.00 bits per heavy atom. The first-order valence-electron chi connectivity index (χ1n) is 8.18. The second-order valence-corrected chi connectivity index (χ2v) is 5.31.